The van der Waals surface area contributed by atoms with E-state index in [2.05, 4.69) is 0 Å². The maximum Gasteiger partial charge on any atom is 0.162 e. The lowest BCUT2D eigenvalue weighted by molar-refractivity contribution is 0.0981. The summed E-state index contributed by atoms with van der Waals surface area (Å²) in [7, 11) is 0. The molecule has 0 radical (unpaired) electrons. The van der Waals surface area contributed by atoms with E-state index in [0.717, 1.165) is 49.2 Å². The second-order valence-electron chi connectivity index (χ2n) is 4.76. The molecule has 0 spiro atoms. The lowest BCUT2D eigenvalue weighted by Gasteiger charge is -2.12. The van der Waals surface area contributed by atoms with Crippen molar-refractivity contribution < 1.29 is 9.53 Å². The quantitative estimate of drug-likeness (QED) is 0.743. The first-order chi connectivity index (χ1) is 8.22. The summed E-state index contributed by atoms with van der Waals surface area (Å²) in [5.41, 5.74) is 3.17. The average Bonchev–Trinajstić information content (AvgIpc) is 2.54. The number of rotatable bonds is 3. The summed E-state index contributed by atoms with van der Waals surface area (Å²) in [4.78, 5) is 11.9. The third kappa shape index (κ3) is 2.68. The fraction of sp³-hybridized carbons (Fsp3) is 0.533. The van der Waals surface area contributed by atoms with E-state index in [1.54, 1.807) is 0 Å². The van der Waals surface area contributed by atoms with Crippen LogP contribution in [0.15, 0.2) is 12.1 Å². The standard InChI is InChI=1S/C15H20O2/c1-3-6-14(16)13-9-11(2)15-12(10-13)7-4-5-8-17-15/h9-10H,3-8H2,1-2H3. The van der Waals surface area contributed by atoms with Gasteiger partial charge in [-0.05, 0) is 55.9 Å². The Morgan fingerprint density at radius 2 is 2.18 bits per heavy atom. The highest BCUT2D eigenvalue weighted by Gasteiger charge is 2.15. The molecule has 0 aliphatic carbocycles. The van der Waals surface area contributed by atoms with Crippen LogP contribution >= 0.6 is 0 Å². The van der Waals surface area contributed by atoms with Gasteiger partial charge in [-0.1, -0.05) is 6.92 Å². The van der Waals surface area contributed by atoms with Crippen molar-refractivity contribution >= 4 is 5.78 Å². The molecule has 0 saturated carbocycles. The van der Waals surface area contributed by atoms with Gasteiger partial charge in [-0.3, -0.25) is 4.79 Å². The fourth-order valence-corrected chi connectivity index (χ4v) is 2.36. The molecular weight excluding hydrogens is 212 g/mol. The van der Waals surface area contributed by atoms with Crippen LogP contribution in [0.5, 0.6) is 5.75 Å². The predicted octanol–water partition coefficient (Wildman–Crippen LogP) is 3.69. The Morgan fingerprint density at radius 3 is 2.94 bits per heavy atom. The SMILES string of the molecule is CCCC(=O)c1cc(C)c2c(c1)CCCCO2. The number of carbonyl (C=O) groups is 1. The summed E-state index contributed by atoms with van der Waals surface area (Å²) in [5.74, 6) is 1.26. The minimum Gasteiger partial charge on any atom is -0.493 e. The second-order valence-corrected chi connectivity index (χ2v) is 4.76. The molecule has 0 amide bonds. The highest BCUT2D eigenvalue weighted by Crippen LogP contribution is 2.29. The van der Waals surface area contributed by atoms with Crippen molar-refractivity contribution in [2.45, 2.75) is 46.0 Å². The molecule has 0 saturated heterocycles. The van der Waals surface area contributed by atoms with Gasteiger partial charge in [0.2, 0.25) is 0 Å². The van der Waals surface area contributed by atoms with Gasteiger partial charge >= 0.3 is 0 Å². The predicted molar refractivity (Wildman–Crippen MR) is 68.9 cm³/mol. The van der Waals surface area contributed by atoms with E-state index in [1.165, 1.54) is 5.56 Å². The van der Waals surface area contributed by atoms with Crippen molar-refractivity contribution in [3.05, 3.63) is 28.8 Å². The van der Waals surface area contributed by atoms with Gasteiger partial charge in [0.1, 0.15) is 5.75 Å². The molecule has 92 valence electrons. The van der Waals surface area contributed by atoms with Crippen LogP contribution in [0.1, 0.15) is 54.1 Å². The Hall–Kier alpha value is -1.31. The summed E-state index contributed by atoms with van der Waals surface area (Å²) in [5, 5.41) is 0. The Bertz CT molecular complexity index is 421. The Morgan fingerprint density at radius 1 is 1.35 bits per heavy atom. The lowest BCUT2D eigenvalue weighted by atomic mass is 9.98. The van der Waals surface area contributed by atoms with Crippen LogP contribution in [-0.2, 0) is 6.42 Å². The molecule has 0 unspecified atom stereocenters. The number of hydrogen-bond donors (Lipinski definition) is 0. The van der Waals surface area contributed by atoms with Crippen molar-refractivity contribution in [1.82, 2.24) is 0 Å². The molecule has 0 fully saturated rings. The number of ether oxygens (including phenoxy) is 1. The van der Waals surface area contributed by atoms with Crippen LogP contribution in [-0.4, -0.2) is 12.4 Å². The molecule has 0 aromatic heterocycles. The molecule has 1 aromatic carbocycles. The monoisotopic (exact) mass is 232 g/mol. The van der Waals surface area contributed by atoms with Crippen molar-refractivity contribution in [2.75, 3.05) is 6.61 Å². The van der Waals surface area contributed by atoms with E-state index < -0.39 is 0 Å². The van der Waals surface area contributed by atoms with Gasteiger partial charge in [-0.2, -0.15) is 0 Å². The second kappa shape index (κ2) is 5.35. The highest BCUT2D eigenvalue weighted by molar-refractivity contribution is 5.96. The van der Waals surface area contributed by atoms with Gasteiger partial charge in [-0.15, -0.1) is 0 Å². The molecule has 1 aliphatic rings. The third-order valence-electron chi connectivity index (χ3n) is 3.24. The normalized spacial score (nSPS) is 14.7. The molecule has 0 bridgehead atoms. The van der Waals surface area contributed by atoms with Crippen LogP contribution in [0.4, 0.5) is 0 Å². The van der Waals surface area contributed by atoms with Crippen LogP contribution in [0.2, 0.25) is 0 Å². The van der Waals surface area contributed by atoms with E-state index in [9.17, 15) is 4.79 Å². The smallest absolute Gasteiger partial charge is 0.162 e. The molecule has 2 heteroatoms. The molecular formula is C15H20O2. The molecule has 1 aromatic rings. The van der Waals surface area contributed by atoms with Gasteiger partial charge in [0.15, 0.2) is 5.78 Å². The van der Waals surface area contributed by atoms with Crippen LogP contribution < -0.4 is 4.74 Å². The largest absolute Gasteiger partial charge is 0.493 e. The summed E-state index contributed by atoms with van der Waals surface area (Å²) in [6.07, 6.45) is 4.83. The van der Waals surface area contributed by atoms with E-state index in [1.807, 2.05) is 26.0 Å². The summed E-state index contributed by atoms with van der Waals surface area (Å²) in [6.45, 7) is 4.88. The fourth-order valence-electron chi connectivity index (χ4n) is 2.36. The average molecular weight is 232 g/mol. The Kier molecular flexibility index (Phi) is 3.82. The van der Waals surface area contributed by atoms with Crippen molar-refractivity contribution in [3.63, 3.8) is 0 Å². The maximum atomic E-state index is 11.9. The third-order valence-corrected chi connectivity index (χ3v) is 3.24. The van der Waals surface area contributed by atoms with E-state index in [-0.39, 0.29) is 5.78 Å². The molecule has 17 heavy (non-hydrogen) atoms. The highest BCUT2D eigenvalue weighted by atomic mass is 16.5. The van der Waals surface area contributed by atoms with Gasteiger partial charge in [0.05, 0.1) is 6.61 Å². The first kappa shape index (κ1) is 12.2. The van der Waals surface area contributed by atoms with E-state index in [0.29, 0.717) is 6.42 Å². The summed E-state index contributed by atoms with van der Waals surface area (Å²) in [6, 6.07) is 4.01. The van der Waals surface area contributed by atoms with Gasteiger partial charge in [-0.25, -0.2) is 0 Å². The number of fused-ring (bicyclic) bond motifs is 1. The summed E-state index contributed by atoms with van der Waals surface area (Å²) < 4.78 is 5.76. The minimum atomic E-state index is 0.252. The first-order valence-electron chi connectivity index (χ1n) is 6.52. The number of Topliss-reactive ketones (excluding diaryl/α,β-unsaturated/α-hetero) is 1. The zero-order valence-corrected chi connectivity index (χ0v) is 10.7. The summed E-state index contributed by atoms with van der Waals surface area (Å²) >= 11 is 0. The zero-order valence-electron chi connectivity index (χ0n) is 10.7. The number of aryl methyl sites for hydroxylation is 2. The van der Waals surface area contributed by atoms with Crippen molar-refractivity contribution in [3.8, 4) is 5.75 Å². The number of hydrogen-bond acceptors (Lipinski definition) is 2. The topological polar surface area (TPSA) is 26.3 Å². The number of benzene rings is 1. The van der Waals surface area contributed by atoms with Crippen LogP contribution in [0, 0.1) is 6.92 Å². The zero-order chi connectivity index (χ0) is 12.3. The van der Waals surface area contributed by atoms with Crippen LogP contribution in [0.25, 0.3) is 0 Å². The molecule has 0 atom stereocenters. The molecule has 0 N–H and O–H groups in total. The number of carbonyl (C=O) groups excluding carboxylic acids is 1. The van der Waals surface area contributed by atoms with Crippen LogP contribution in [0.3, 0.4) is 0 Å². The van der Waals surface area contributed by atoms with Gasteiger partial charge < -0.3 is 4.74 Å². The van der Waals surface area contributed by atoms with Crippen molar-refractivity contribution in [2.24, 2.45) is 0 Å². The number of ketones is 1. The van der Waals surface area contributed by atoms with Gasteiger partial charge in [0.25, 0.3) is 0 Å². The maximum absolute atomic E-state index is 11.9. The lowest BCUT2D eigenvalue weighted by Crippen LogP contribution is -2.03. The molecule has 2 nitrogen and oxygen atoms in total. The van der Waals surface area contributed by atoms with E-state index in [4.69, 9.17) is 4.74 Å². The first-order valence-corrected chi connectivity index (χ1v) is 6.52. The van der Waals surface area contributed by atoms with Gasteiger partial charge in [0, 0.05) is 12.0 Å². The van der Waals surface area contributed by atoms with E-state index >= 15 is 0 Å². The molecule has 1 aliphatic heterocycles. The Labute approximate surface area is 103 Å². The minimum absolute atomic E-state index is 0.252. The molecule has 1 heterocycles. The Balaban J connectivity index is 2.35. The molecule has 2 rings (SSSR count). The van der Waals surface area contributed by atoms with Crippen molar-refractivity contribution in [1.29, 1.82) is 0 Å².